The second kappa shape index (κ2) is 7.11. The first-order chi connectivity index (χ1) is 9.56. The van der Waals surface area contributed by atoms with Gasteiger partial charge in [0.1, 0.15) is 11.6 Å². The van der Waals surface area contributed by atoms with Gasteiger partial charge in [-0.25, -0.2) is 4.39 Å². The summed E-state index contributed by atoms with van der Waals surface area (Å²) in [5.41, 5.74) is 0.622. The van der Waals surface area contributed by atoms with E-state index in [-0.39, 0.29) is 17.2 Å². The van der Waals surface area contributed by atoms with Crippen molar-refractivity contribution in [2.75, 3.05) is 5.75 Å². The van der Waals surface area contributed by atoms with E-state index in [0.29, 0.717) is 16.3 Å². The molecule has 0 saturated carbocycles. The number of benzene rings is 2. The van der Waals surface area contributed by atoms with Crippen molar-refractivity contribution in [3.05, 3.63) is 63.9 Å². The minimum atomic E-state index is -0.504. The van der Waals surface area contributed by atoms with E-state index >= 15 is 0 Å². The van der Waals surface area contributed by atoms with Crippen LogP contribution < -0.4 is 0 Å². The molecule has 5 heteroatoms. The zero-order valence-corrected chi connectivity index (χ0v) is 12.7. The fourth-order valence-electron chi connectivity index (χ4n) is 1.65. The third-order valence-electron chi connectivity index (χ3n) is 2.61. The lowest BCUT2D eigenvalue weighted by Crippen LogP contribution is -2.06. The summed E-state index contributed by atoms with van der Waals surface area (Å²) >= 11 is 13.0. The molecule has 1 nitrogen and oxygen atoms in total. The molecule has 0 bridgehead atoms. The van der Waals surface area contributed by atoms with Gasteiger partial charge < -0.3 is 0 Å². The first-order valence-corrected chi connectivity index (χ1v) is 7.63. The molecule has 2 aromatic carbocycles. The monoisotopic (exact) mass is 328 g/mol. The normalized spacial score (nSPS) is 10.6. The van der Waals surface area contributed by atoms with Gasteiger partial charge in [-0.05, 0) is 29.8 Å². The molecule has 0 atom stereocenters. The highest BCUT2D eigenvalue weighted by molar-refractivity contribution is 8.00. The van der Waals surface area contributed by atoms with Crippen molar-refractivity contribution in [3.8, 4) is 0 Å². The second-order valence-corrected chi connectivity index (χ2v) is 6.01. The number of hydrogen-bond acceptors (Lipinski definition) is 2. The van der Waals surface area contributed by atoms with Crippen molar-refractivity contribution in [2.45, 2.75) is 11.3 Å². The van der Waals surface area contributed by atoms with Crippen molar-refractivity contribution in [1.82, 2.24) is 0 Å². The van der Waals surface area contributed by atoms with Crippen LogP contribution in [0, 0.1) is 5.82 Å². The Morgan fingerprint density at radius 1 is 1.10 bits per heavy atom. The minimum Gasteiger partial charge on any atom is -0.298 e. The fourth-order valence-corrected chi connectivity index (χ4v) is 2.86. The zero-order valence-electron chi connectivity index (χ0n) is 10.4. The summed E-state index contributed by atoms with van der Waals surface area (Å²) in [5.74, 6) is -0.194. The third-order valence-corrected chi connectivity index (χ3v) is 4.49. The summed E-state index contributed by atoms with van der Waals surface area (Å²) in [5, 5.41) is 0.689. The summed E-state index contributed by atoms with van der Waals surface area (Å²) in [4.78, 5) is 12.7. The van der Waals surface area contributed by atoms with Gasteiger partial charge in [0.15, 0.2) is 0 Å². The number of carbonyl (C=O) groups excluding carboxylic acids is 1. The molecule has 0 aliphatic heterocycles. The van der Waals surface area contributed by atoms with Gasteiger partial charge >= 0.3 is 0 Å². The molecule has 0 radical (unpaired) electrons. The zero-order chi connectivity index (χ0) is 14.5. The number of rotatable bonds is 5. The Morgan fingerprint density at radius 3 is 2.55 bits per heavy atom. The maximum absolute atomic E-state index is 13.3. The van der Waals surface area contributed by atoms with Crippen molar-refractivity contribution in [1.29, 1.82) is 0 Å². The predicted molar refractivity (Wildman–Crippen MR) is 82.3 cm³/mol. The van der Waals surface area contributed by atoms with Crippen LogP contribution in [0.5, 0.6) is 0 Å². The lowest BCUT2D eigenvalue weighted by atomic mass is 10.1. The first-order valence-electron chi connectivity index (χ1n) is 5.89. The van der Waals surface area contributed by atoms with E-state index in [1.54, 1.807) is 12.1 Å². The van der Waals surface area contributed by atoms with Gasteiger partial charge in [-0.15, -0.1) is 11.8 Å². The van der Waals surface area contributed by atoms with E-state index in [4.69, 9.17) is 23.2 Å². The van der Waals surface area contributed by atoms with Crippen LogP contribution in [0.2, 0.25) is 10.0 Å². The molecule has 0 heterocycles. The summed E-state index contributed by atoms with van der Waals surface area (Å²) in [6.07, 6.45) is 0.186. The van der Waals surface area contributed by atoms with Crippen LogP contribution in [0.4, 0.5) is 4.39 Å². The number of hydrogen-bond donors (Lipinski definition) is 0. The van der Waals surface area contributed by atoms with Gasteiger partial charge in [0.05, 0.1) is 15.8 Å². The summed E-state index contributed by atoms with van der Waals surface area (Å²) < 4.78 is 13.3. The third kappa shape index (κ3) is 4.23. The van der Waals surface area contributed by atoms with Crippen molar-refractivity contribution in [3.63, 3.8) is 0 Å². The Balaban J connectivity index is 1.93. The average molecular weight is 329 g/mol. The highest BCUT2D eigenvalue weighted by atomic mass is 35.5. The van der Waals surface area contributed by atoms with Crippen LogP contribution in [0.1, 0.15) is 5.56 Å². The lowest BCUT2D eigenvalue weighted by Gasteiger charge is -2.04. The van der Waals surface area contributed by atoms with E-state index in [1.165, 1.54) is 23.9 Å². The van der Waals surface area contributed by atoms with Gasteiger partial charge in [0.25, 0.3) is 0 Å². The molecule has 20 heavy (non-hydrogen) atoms. The van der Waals surface area contributed by atoms with Crippen molar-refractivity contribution in [2.24, 2.45) is 0 Å². The Morgan fingerprint density at radius 2 is 1.85 bits per heavy atom. The van der Waals surface area contributed by atoms with E-state index in [1.807, 2.05) is 18.2 Å². The van der Waals surface area contributed by atoms with Gasteiger partial charge in [-0.2, -0.15) is 0 Å². The van der Waals surface area contributed by atoms with Gasteiger partial charge in [0.2, 0.25) is 0 Å². The fraction of sp³-hybridized carbons (Fsp3) is 0.133. The van der Waals surface area contributed by atoms with E-state index in [2.05, 4.69) is 0 Å². The minimum absolute atomic E-state index is 0.0108. The second-order valence-electron chi connectivity index (χ2n) is 4.18. The highest BCUT2D eigenvalue weighted by Crippen LogP contribution is 2.26. The molecule has 0 amide bonds. The quantitative estimate of drug-likeness (QED) is 0.715. The van der Waals surface area contributed by atoms with Gasteiger partial charge in [-0.1, -0.05) is 41.4 Å². The first kappa shape index (κ1) is 15.4. The summed E-state index contributed by atoms with van der Waals surface area (Å²) in [6, 6.07) is 11.8. The molecule has 0 unspecified atom stereocenters. The van der Waals surface area contributed by atoms with Gasteiger partial charge in [0, 0.05) is 11.3 Å². The largest absolute Gasteiger partial charge is 0.298 e. The molecule has 0 N–H and O–H groups in total. The molecule has 0 aliphatic carbocycles. The van der Waals surface area contributed by atoms with Crippen LogP contribution >= 0.6 is 35.0 Å². The summed E-state index contributed by atoms with van der Waals surface area (Å²) in [6.45, 7) is 0. The van der Waals surface area contributed by atoms with Crippen LogP contribution in [0.25, 0.3) is 0 Å². The Hall–Kier alpha value is -1.03. The van der Waals surface area contributed by atoms with Crippen LogP contribution in [0.3, 0.4) is 0 Å². The van der Waals surface area contributed by atoms with Crippen molar-refractivity contribution >= 4 is 40.7 Å². The molecule has 0 fully saturated rings. The highest BCUT2D eigenvalue weighted by Gasteiger charge is 2.08. The molecular weight excluding hydrogens is 318 g/mol. The van der Waals surface area contributed by atoms with E-state index in [0.717, 1.165) is 4.90 Å². The number of Topliss-reactive ketones (excluding diaryl/α,β-unsaturated/α-hetero) is 1. The number of ketones is 1. The van der Waals surface area contributed by atoms with E-state index < -0.39 is 5.82 Å². The molecule has 0 aliphatic rings. The summed E-state index contributed by atoms with van der Waals surface area (Å²) in [7, 11) is 0. The molecule has 2 aromatic rings. The van der Waals surface area contributed by atoms with E-state index in [9.17, 15) is 9.18 Å². The Labute approximate surface area is 131 Å². The van der Waals surface area contributed by atoms with Crippen LogP contribution in [0.15, 0.2) is 47.4 Å². The molecule has 2 rings (SSSR count). The molecular formula is C15H11Cl2FOS. The lowest BCUT2D eigenvalue weighted by molar-refractivity contribution is -0.116. The molecule has 0 spiro atoms. The SMILES string of the molecule is O=C(CSc1ccccc1Cl)Cc1ccc(Cl)c(F)c1. The topological polar surface area (TPSA) is 17.1 Å². The smallest absolute Gasteiger partial charge is 0.147 e. The predicted octanol–water partition coefficient (Wildman–Crippen LogP) is 5.04. The van der Waals surface area contributed by atoms with Gasteiger partial charge in [-0.3, -0.25) is 4.79 Å². The number of thioether (sulfide) groups is 1. The molecule has 0 aromatic heterocycles. The number of halogens is 3. The maximum Gasteiger partial charge on any atom is 0.147 e. The molecule has 0 saturated heterocycles. The maximum atomic E-state index is 13.3. The Bertz CT molecular complexity index is 631. The Kier molecular flexibility index (Phi) is 5.46. The number of carbonyl (C=O) groups is 1. The standard InChI is InChI=1S/C15H11Cl2FOS/c16-12-6-5-10(8-14(12)18)7-11(19)9-20-15-4-2-1-3-13(15)17/h1-6,8H,7,9H2. The molecule has 104 valence electrons. The average Bonchev–Trinajstić information content (AvgIpc) is 2.42. The van der Waals surface area contributed by atoms with Crippen LogP contribution in [-0.4, -0.2) is 11.5 Å². The van der Waals surface area contributed by atoms with Crippen LogP contribution in [-0.2, 0) is 11.2 Å². The van der Waals surface area contributed by atoms with Crippen molar-refractivity contribution < 1.29 is 9.18 Å².